The third-order valence-electron chi connectivity index (χ3n) is 5.84. The van der Waals surface area contributed by atoms with Crippen LogP contribution in [-0.2, 0) is 10.1 Å². The monoisotopic (exact) mass is 376 g/mol. The predicted octanol–water partition coefficient (Wildman–Crippen LogP) is 7.16. The lowest BCUT2D eigenvalue weighted by Gasteiger charge is -2.28. The van der Waals surface area contributed by atoms with Crippen LogP contribution < -0.4 is 0 Å². The molecular weight excluding hydrogens is 332 g/mol. The minimum atomic E-state index is -3.97. The lowest BCUT2D eigenvalue weighted by molar-refractivity contribution is 0.351. The summed E-state index contributed by atoms with van der Waals surface area (Å²) in [5.74, 6) is -0.0140. The molecule has 1 atom stereocenters. The van der Waals surface area contributed by atoms with Crippen LogP contribution in [0.15, 0.2) is 0 Å². The highest BCUT2D eigenvalue weighted by Crippen LogP contribution is 2.29. The first kappa shape index (κ1) is 24.9. The standard InChI is InChI=1S/C21H44O3S/c1-5-6-7-8-9-10-11-12-13-14-15-16-17-18-19-20(2)21(3,4)25(22,23)24/h20H,5-19H2,1-4H3,(H,22,23,24). The average Bonchev–Trinajstić information content (AvgIpc) is 2.53. The van der Waals surface area contributed by atoms with Crippen LogP contribution in [0.2, 0.25) is 0 Å². The van der Waals surface area contributed by atoms with E-state index in [-0.39, 0.29) is 5.92 Å². The van der Waals surface area contributed by atoms with Gasteiger partial charge in [-0.15, -0.1) is 0 Å². The van der Waals surface area contributed by atoms with E-state index in [1.54, 1.807) is 13.8 Å². The molecule has 0 aliphatic heterocycles. The second kappa shape index (κ2) is 14.0. The van der Waals surface area contributed by atoms with Gasteiger partial charge in [-0.25, -0.2) is 0 Å². The van der Waals surface area contributed by atoms with Crippen molar-refractivity contribution in [3.8, 4) is 0 Å². The summed E-state index contributed by atoms with van der Waals surface area (Å²) in [4.78, 5) is 0. The van der Waals surface area contributed by atoms with Gasteiger partial charge in [0.05, 0.1) is 4.75 Å². The van der Waals surface area contributed by atoms with Crippen LogP contribution in [0.25, 0.3) is 0 Å². The Bertz CT molecular complexity index is 401. The molecule has 0 saturated carbocycles. The van der Waals surface area contributed by atoms with E-state index < -0.39 is 14.9 Å². The Kier molecular flexibility index (Phi) is 14.0. The Labute approximate surface area is 158 Å². The van der Waals surface area contributed by atoms with E-state index in [4.69, 9.17) is 0 Å². The second-order valence-corrected chi connectivity index (χ2v) is 10.4. The van der Waals surface area contributed by atoms with Gasteiger partial charge in [0, 0.05) is 0 Å². The third kappa shape index (κ3) is 12.0. The highest BCUT2D eigenvalue weighted by atomic mass is 32.2. The Hall–Kier alpha value is -0.0900. The van der Waals surface area contributed by atoms with E-state index in [1.165, 1.54) is 83.5 Å². The van der Waals surface area contributed by atoms with Gasteiger partial charge in [0.15, 0.2) is 0 Å². The molecule has 0 spiro atoms. The summed E-state index contributed by atoms with van der Waals surface area (Å²) in [6.45, 7) is 7.44. The summed E-state index contributed by atoms with van der Waals surface area (Å²) in [6, 6.07) is 0. The maximum atomic E-state index is 11.4. The van der Waals surface area contributed by atoms with E-state index in [9.17, 15) is 13.0 Å². The summed E-state index contributed by atoms with van der Waals surface area (Å²) >= 11 is 0. The summed E-state index contributed by atoms with van der Waals surface area (Å²) < 4.78 is 31.1. The maximum Gasteiger partial charge on any atom is 0.270 e. The Morgan fingerprint density at radius 3 is 1.36 bits per heavy atom. The van der Waals surface area contributed by atoms with Crippen LogP contribution in [0.3, 0.4) is 0 Å². The first-order chi connectivity index (χ1) is 11.7. The molecule has 0 radical (unpaired) electrons. The Balaban J connectivity index is 3.42. The molecule has 0 heterocycles. The van der Waals surface area contributed by atoms with Gasteiger partial charge in [0.1, 0.15) is 0 Å². The van der Waals surface area contributed by atoms with Crippen molar-refractivity contribution >= 4 is 10.1 Å². The molecule has 0 aliphatic carbocycles. The molecule has 0 aromatic rings. The van der Waals surface area contributed by atoms with E-state index in [2.05, 4.69) is 6.92 Å². The van der Waals surface area contributed by atoms with E-state index >= 15 is 0 Å². The van der Waals surface area contributed by atoms with Crippen LogP contribution in [0.5, 0.6) is 0 Å². The van der Waals surface area contributed by atoms with Crippen molar-refractivity contribution in [2.24, 2.45) is 5.92 Å². The topological polar surface area (TPSA) is 54.4 Å². The molecule has 0 aromatic heterocycles. The zero-order valence-electron chi connectivity index (χ0n) is 17.4. The molecule has 0 rings (SSSR count). The van der Waals surface area contributed by atoms with Crippen LogP contribution in [0.1, 0.15) is 124 Å². The van der Waals surface area contributed by atoms with E-state index in [0.29, 0.717) is 0 Å². The molecule has 1 unspecified atom stereocenters. The normalized spacial score (nSPS) is 14.0. The zero-order chi connectivity index (χ0) is 19.2. The molecule has 0 aliphatic rings. The fourth-order valence-corrected chi connectivity index (χ4v) is 3.87. The van der Waals surface area contributed by atoms with Gasteiger partial charge >= 0.3 is 0 Å². The molecule has 4 heteroatoms. The Morgan fingerprint density at radius 2 is 1.04 bits per heavy atom. The summed E-state index contributed by atoms with van der Waals surface area (Å²) in [6.07, 6.45) is 19.5. The van der Waals surface area contributed by atoms with E-state index in [1.807, 2.05) is 6.92 Å². The summed E-state index contributed by atoms with van der Waals surface area (Å²) in [7, 11) is -3.97. The molecule has 0 fully saturated rings. The molecule has 0 aromatic carbocycles. The molecule has 1 N–H and O–H groups in total. The second-order valence-electron chi connectivity index (χ2n) is 8.36. The smallest absolute Gasteiger partial charge is 0.270 e. The van der Waals surface area contributed by atoms with Gasteiger partial charge in [-0.2, -0.15) is 8.42 Å². The molecule has 3 nitrogen and oxygen atoms in total. The van der Waals surface area contributed by atoms with Crippen LogP contribution >= 0.6 is 0 Å². The minimum Gasteiger partial charge on any atom is -0.285 e. The van der Waals surface area contributed by atoms with Crippen molar-refractivity contribution in [1.29, 1.82) is 0 Å². The Morgan fingerprint density at radius 1 is 0.720 bits per heavy atom. The fraction of sp³-hybridized carbons (Fsp3) is 1.00. The van der Waals surface area contributed by atoms with Crippen LogP contribution in [0, 0.1) is 5.92 Å². The largest absolute Gasteiger partial charge is 0.285 e. The number of rotatable bonds is 17. The van der Waals surface area contributed by atoms with E-state index in [0.717, 1.165) is 12.8 Å². The molecule has 25 heavy (non-hydrogen) atoms. The highest BCUT2D eigenvalue weighted by molar-refractivity contribution is 7.87. The average molecular weight is 377 g/mol. The molecule has 0 bridgehead atoms. The van der Waals surface area contributed by atoms with Crippen LogP contribution in [-0.4, -0.2) is 17.7 Å². The van der Waals surface area contributed by atoms with Crippen molar-refractivity contribution in [2.45, 2.75) is 129 Å². The number of hydrogen-bond acceptors (Lipinski definition) is 2. The van der Waals surface area contributed by atoms with Gasteiger partial charge in [-0.05, 0) is 26.2 Å². The number of hydrogen-bond donors (Lipinski definition) is 1. The van der Waals surface area contributed by atoms with Gasteiger partial charge in [0.25, 0.3) is 10.1 Å². The first-order valence-corrected chi connectivity index (χ1v) is 12.1. The first-order valence-electron chi connectivity index (χ1n) is 10.7. The predicted molar refractivity (Wildman–Crippen MR) is 110 cm³/mol. The van der Waals surface area contributed by atoms with Gasteiger partial charge in [-0.1, -0.05) is 104 Å². The number of unbranched alkanes of at least 4 members (excludes halogenated alkanes) is 13. The fourth-order valence-electron chi connectivity index (χ4n) is 3.25. The summed E-state index contributed by atoms with van der Waals surface area (Å²) in [5, 5.41) is 0. The van der Waals surface area contributed by atoms with Crippen molar-refractivity contribution < 1.29 is 13.0 Å². The highest BCUT2D eigenvalue weighted by Gasteiger charge is 2.37. The third-order valence-corrected chi connectivity index (χ3v) is 7.57. The van der Waals surface area contributed by atoms with Crippen LogP contribution in [0.4, 0.5) is 0 Å². The molecule has 0 amide bonds. The molecule has 0 saturated heterocycles. The van der Waals surface area contributed by atoms with Gasteiger partial charge < -0.3 is 0 Å². The minimum absolute atomic E-state index is 0.0140. The van der Waals surface area contributed by atoms with Gasteiger partial charge in [-0.3, -0.25) is 4.55 Å². The van der Waals surface area contributed by atoms with Crippen molar-refractivity contribution in [1.82, 2.24) is 0 Å². The van der Waals surface area contributed by atoms with Crippen molar-refractivity contribution in [3.63, 3.8) is 0 Å². The lowest BCUT2D eigenvalue weighted by Crippen LogP contribution is -2.38. The molecule has 152 valence electrons. The van der Waals surface area contributed by atoms with Crippen molar-refractivity contribution in [2.75, 3.05) is 0 Å². The zero-order valence-corrected chi connectivity index (χ0v) is 18.2. The SMILES string of the molecule is CCCCCCCCCCCCCCCCC(C)C(C)(C)S(=O)(=O)O. The summed E-state index contributed by atoms with van der Waals surface area (Å²) in [5.41, 5.74) is 0. The maximum absolute atomic E-state index is 11.4. The van der Waals surface area contributed by atoms with Gasteiger partial charge in [0.2, 0.25) is 0 Å². The van der Waals surface area contributed by atoms with Crippen molar-refractivity contribution in [3.05, 3.63) is 0 Å². The quantitative estimate of drug-likeness (QED) is 0.216. The molecular formula is C21H44O3S. The lowest BCUT2D eigenvalue weighted by atomic mass is 9.91.